The van der Waals surface area contributed by atoms with Crippen molar-refractivity contribution in [3.63, 3.8) is 0 Å². The Morgan fingerprint density at radius 3 is 2.50 bits per heavy atom. The third kappa shape index (κ3) is 2.82. The molecule has 0 aromatic heterocycles. The SMILES string of the molecule is CNC(c1cccc(Br)c1)c1cccc(Br)c1F. The Bertz CT molecular complexity index is 557. The summed E-state index contributed by atoms with van der Waals surface area (Å²) in [5.74, 6) is -0.225. The van der Waals surface area contributed by atoms with Gasteiger partial charge in [0.15, 0.2) is 0 Å². The van der Waals surface area contributed by atoms with Crippen molar-refractivity contribution >= 4 is 31.9 Å². The summed E-state index contributed by atoms with van der Waals surface area (Å²) in [7, 11) is 1.83. The molecule has 1 atom stereocenters. The second-order valence-corrected chi connectivity index (χ2v) is 5.69. The van der Waals surface area contributed by atoms with Gasteiger partial charge in [0.25, 0.3) is 0 Å². The maximum absolute atomic E-state index is 14.1. The summed E-state index contributed by atoms with van der Waals surface area (Å²) < 4.78 is 15.6. The average molecular weight is 373 g/mol. The molecule has 1 nitrogen and oxygen atoms in total. The van der Waals surface area contributed by atoms with Crippen LogP contribution in [0.15, 0.2) is 51.4 Å². The number of hydrogen-bond donors (Lipinski definition) is 1. The summed E-state index contributed by atoms with van der Waals surface area (Å²) in [5.41, 5.74) is 1.65. The molecule has 0 bridgehead atoms. The van der Waals surface area contributed by atoms with Gasteiger partial charge < -0.3 is 5.32 Å². The van der Waals surface area contributed by atoms with E-state index in [2.05, 4.69) is 37.2 Å². The van der Waals surface area contributed by atoms with E-state index in [0.717, 1.165) is 10.0 Å². The Morgan fingerprint density at radius 1 is 1.11 bits per heavy atom. The monoisotopic (exact) mass is 371 g/mol. The summed E-state index contributed by atoms with van der Waals surface area (Å²) >= 11 is 6.65. The normalized spacial score (nSPS) is 12.4. The molecule has 0 saturated carbocycles. The maximum atomic E-state index is 14.1. The molecular weight excluding hydrogens is 361 g/mol. The molecule has 2 aromatic carbocycles. The Kier molecular flexibility index (Phi) is 4.54. The molecule has 0 spiro atoms. The minimum atomic E-state index is -0.225. The van der Waals surface area contributed by atoms with Gasteiger partial charge in [-0.15, -0.1) is 0 Å². The van der Waals surface area contributed by atoms with Crippen molar-refractivity contribution in [3.05, 3.63) is 68.4 Å². The van der Waals surface area contributed by atoms with Gasteiger partial charge in [0.2, 0.25) is 0 Å². The topological polar surface area (TPSA) is 12.0 Å². The first-order valence-electron chi connectivity index (χ1n) is 5.50. The molecule has 0 aliphatic heterocycles. The maximum Gasteiger partial charge on any atom is 0.142 e. The molecule has 0 heterocycles. The average Bonchev–Trinajstić information content (AvgIpc) is 2.35. The number of benzene rings is 2. The lowest BCUT2D eigenvalue weighted by molar-refractivity contribution is 0.571. The molecular formula is C14H12Br2FN. The van der Waals surface area contributed by atoms with E-state index in [-0.39, 0.29) is 11.9 Å². The van der Waals surface area contributed by atoms with Gasteiger partial charge in [-0.05, 0) is 46.7 Å². The highest BCUT2D eigenvalue weighted by atomic mass is 79.9. The van der Waals surface area contributed by atoms with Crippen molar-refractivity contribution in [3.8, 4) is 0 Å². The molecule has 94 valence electrons. The predicted octanol–water partition coefficient (Wildman–Crippen LogP) is 4.66. The zero-order chi connectivity index (χ0) is 13.1. The van der Waals surface area contributed by atoms with Crippen LogP contribution in [0.4, 0.5) is 4.39 Å². The van der Waals surface area contributed by atoms with E-state index in [1.165, 1.54) is 0 Å². The highest BCUT2D eigenvalue weighted by molar-refractivity contribution is 9.10. The van der Waals surface area contributed by atoms with Gasteiger partial charge >= 0.3 is 0 Å². The van der Waals surface area contributed by atoms with E-state index in [4.69, 9.17) is 0 Å². The van der Waals surface area contributed by atoms with Crippen LogP contribution < -0.4 is 5.32 Å². The summed E-state index contributed by atoms with van der Waals surface area (Å²) in [6.07, 6.45) is 0. The fraction of sp³-hybridized carbons (Fsp3) is 0.143. The zero-order valence-corrected chi connectivity index (χ0v) is 12.9. The van der Waals surface area contributed by atoms with Gasteiger partial charge in [0, 0.05) is 10.0 Å². The first-order valence-corrected chi connectivity index (χ1v) is 7.08. The van der Waals surface area contributed by atoms with Crippen LogP contribution in [0.3, 0.4) is 0 Å². The van der Waals surface area contributed by atoms with Gasteiger partial charge in [-0.3, -0.25) is 0 Å². The van der Waals surface area contributed by atoms with Crippen molar-refractivity contribution in [2.24, 2.45) is 0 Å². The Labute approximate surface area is 123 Å². The molecule has 0 saturated heterocycles. The van der Waals surface area contributed by atoms with Crippen LogP contribution in [0, 0.1) is 5.82 Å². The molecule has 4 heteroatoms. The number of nitrogens with one attached hydrogen (secondary N) is 1. The van der Waals surface area contributed by atoms with Crippen LogP contribution in [0.2, 0.25) is 0 Å². The fourth-order valence-corrected chi connectivity index (χ4v) is 2.73. The number of hydrogen-bond acceptors (Lipinski definition) is 1. The smallest absolute Gasteiger partial charge is 0.142 e. The molecule has 18 heavy (non-hydrogen) atoms. The summed E-state index contributed by atoms with van der Waals surface area (Å²) in [6, 6.07) is 13.0. The molecule has 0 amide bonds. The molecule has 0 radical (unpaired) electrons. The minimum absolute atomic E-state index is 0.167. The molecule has 0 aliphatic rings. The van der Waals surface area contributed by atoms with Gasteiger partial charge in [0.05, 0.1) is 10.5 Å². The molecule has 1 unspecified atom stereocenters. The predicted molar refractivity (Wildman–Crippen MR) is 79.1 cm³/mol. The van der Waals surface area contributed by atoms with Crippen LogP contribution in [0.25, 0.3) is 0 Å². The van der Waals surface area contributed by atoms with Crippen LogP contribution in [-0.4, -0.2) is 7.05 Å². The Balaban J connectivity index is 2.49. The molecule has 0 aliphatic carbocycles. The lowest BCUT2D eigenvalue weighted by Gasteiger charge is -2.18. The first kappa shape index (κ1) is 13.7. The zero-order valence-electron chi connectivity index (χ0n) is 9.75. The lowest BCUT2D eigenvalue weighted by atomic mass is 9.98. The van der Waals surface area contributed by atoms with Crippen molar-refractivity contribution < 1.29 is 4.39 Å². The van der Waals surface area contributed by atoms with Crippen LogP contribution in [-0.2, 0) is 0 Å². The highest BCUT2D eigenvalue weighted by Crippen LogP contribution is 2.29. The van der Waals surface area contributed by atoms with Gasteiger partial charge in [-0.2, -0.15) is 0 Å². The fourth-order valence-electron chi connectivity index (χ4n) is 1.93. The van der Waals surface area contributed by atoms with E-state index >= 15 is 0 Å². The second kappa shape index (κ2) is 5.95. The molecule has 2 aromatic rings. The van der Waals surface area contributed by atoms with Gasteiger partial charge in [-0.1, -0.05) is 40.2 Å². The van der Waals surface area contributed by atoms with E-state index in [0.29, 0.717) is 10.0 Å². The van der Waals surface area contributed by atoms with Crippen LogP contribution in [0.1, 0.15) is 17.2 Å². The van der Waals surface area contributed by atoms with Gasteiger partial charge in [0.1, 0.15) is 5.82 Å². The van der Waals surface area contributed by atoms with Gasteiger partial charge in [-0.25, -0.2) is 4.39 Å². The summed E-state index contributed by atoms with van der Waals surface area (Å²) in [5, 5.41) is 3.15. The van der Waals surface area contributed by atoms with Crippen molar-refractivity contribution in [2.75, 3.05) is 7.05 Å². The van der Waals surface area contributed by atoms with E-state index in [9.17, 15) is 4.39 Å². The first-order chi connectivity index (χ1) is 8.63. The number of halogens is 3. The van der Waals surface area contributed by atoms with Crippen molar-refractivity contribution in [1.82, 2.24) is 5.32 Å². The largest absolute Gasteiger partial charge is 0.309 e. The second-order valence-electron chi connectivity index (χ2n) is 3.92. The van der Waals surface area contributed by atoms with Crippen LogP contribution in [0.5, 0.6) is 0 Å². The third-order valence-corrected chi connectivity index (χ3v) is 3.87. The molecule has 2 rings (SSSR count). The number of rotatable bonds is 3. The third-order valence-electron chi connectivity index (χ3n) is 2.76. The quantitative estimate of drug-likeness (QED) is 0.826. The Morgan fingerprint density at radius 2 is 1.83 bits per heavy atom. The molecule has 1 N–H and O–H groups in total. The van der Waals surface area contributed by atoms with E-state index in [1.807, 2.05) is 37.4 Å². The summed E-state index contributed by atoms with van der Waals surface area (Å²) in [6.45, 7) is 0. The minimum Gasteiger partial charge on any atom is -0.309 e. The van der Waals surface area contributed by atoms with E-state index < -0.39 is 0 Å². The van der Waals surface area contributed by atoms with Crippen LogP contribution >= 0.6 is 31.9 Å². The van der Waals surface area contributed by atoms with Crippen molar-refractivity contribution in [2.45, 2.75) is 6.04 Å². The standard InChI is InChI=1S/C14H12Br2FN/c1-18-14(9-4-2-5-10(15)8-9)11-6-3-7-12(16)13(11)17/h2-8,14,18H,1H3. The Hall–Kier alpha value is -0.710. The summed E-state index contributed by atoms with van der Waals surface area (Å²) in [4.78, 5) is 0. The lowest BCUT2D eigenvalue weighted by Crippen LogP contribution is -2.19. The molecule has 0 fully saturated rings. The van der Waals surface area contributed by atoms with Crippen molar-refractivity contribution in [1.29, 1.82) is 0 Å². The van der Waals surface area contributed by atoms with E-state index in [1.54, 1.807) is 12.1 Å². The highest BCUT2D eigenvalue weighted by Gasteiger charge is 2.17.